The van der Waals surface area contributed by atoms with Crippen molar-refractivity contribution in [3.05, 3.63) is 41.1 Å². The van der Waals surface area contributed by atoms with Crippen LogP contribution in [-0.2, 0) is 0 Å². The van der Waals surface area contributed by atoms with Crippen LogP contribution in [0.4, 0.5) is 0 Å². The summed E-state index contributed by atoms with van der Waals surface area (Å²) < 4.78 is 13.5. The van der Waals surface area contributed by atoms with Gasteiger partial charge in [0.1, 0.15) is 24.9 Å². The normalized spacial score (nSPS) is 13.5. The van der Waals surface area contributed by atoms with Crippen LogP contribution in [0.25, 0.3) is 16.7 Å². The second-order valence-electron chi connectivity index (χ2n) is 4.58. The quantitative estimate of drug-likeness (QED) is 0.635. The number of benzene rings is 1. The van der Waals surface area contributed by atoms with E-state index < -0.39 is 0 Å². The Balaban J connectivity index is 1.91. The van der Waals surface area contributed by atoms with Gasteiger partial charge in [-0.1, -0.05) is 0 Å². The molecule has 0 spiro atoms. The first-order chi connectivity index (χ1) is 10.2. The first-order valence-electron chi connectivity index (χ1n) is 6.34. The van der Waals surface area contributed by atoms with Gasteiger partial charge in [0.05, 0.1) is 11.9 Å². The van der Waals surface area contributed by atoms with Crippen molar-refractivity contribution in [2.45, 2.75) is 0 Å². The lowest BCUT2D eigenvalue weighted by molar-refractivity contribution is 0.171. The number of rotatable bonds is 1. The molecule has 2 N–H and O–H groups in total. The summed E-state index contributed by atoms with van der Waals surface area (Å²) in [6, 6.07) is 5.44. The molecule has 0 unspecified atom stereocenters. The van der Waals surface area contributed by atoms with Gasteiger partial charge < -0.3 is 15.3 Å². The molecule has 1 aromatic carbocycles. The Labute approximate surface area is 118 Å². The van der Waals surface area contributed by atoms with E-state index in [1.165, 1.54) is 12.5 Å². The van der Waals surface area contributed by atoms with E-state index in [0.29, 0.717) is 35.7 Å². The molecule has 1 aliphatic heterocycles. The Morgan fingerprint density at radius 3 is 2.86 bits per heavy atom. The van der Waals surface area contributed by atoms with Crippen molar-refractivity contribution in [2.75, 3.05) is 19.1 Å². The molecule has 8 nitrogen and oxygen atoms in total. The largest absolute Gasteiger partial charge is 0.486 e. The highest BCUT2D eigenvalue weighted by Crippen LogP contribution is 2.32. The molecular weight excluding hydrogens is 274 g/mol. The molecular formula is C13H11N5O3. The average Bonchev–Trinajstić information content (AvgIpc) is 2.95. The van der Waals surface area contributed by atoms with Gasteiger partial charge >= 0.3 is 0 Å². The van der Waals surface area contributed by atoms with Gasteiger partial charge in [-0.15, -0.1) is 0 Å². The Morgan fingerprint density at radius 2 is 2.00 bits per heavy atom. The number of hydrogen-bond donors (Lipinski definition) is 1. The standard InChI is InChI=1S/C13H11N5O3/c14-17-7-15-12-9(13(17)19)6-16-18(12)8-1-2-10-11(5-8)21-4-3-20-10/h1-2,5-7H,3-4,14H2. The molecule has 1 aliphatic rings. The Kier molecular flexibility index (Phi) is 2.37. The minimum absolute atomic E-state index is 0.344. The summed E-state index contributed by atoms with van der Waals surface area (Å²) >= 11 is 0. The third-order valence-electron chi connectivity index (χ3n) is 3.28. The molecule has 8 heteroatoms. The van der Waals surface area contributed by atoms with E-state index in [1.807, 2.05) is 12.1 Å². The molecule has 3 aromatic rings. The zero-order valence-corrected chi connectivity index (χ0v) is 10.9. The van der Waals surface area contributed by atoms with Crippen molar-refractivity contribution in [1.29, 1.82) is 0 Å². The summed E-state index contributed by atoms with van der Waals surface area (Å²) in [5.41, 5.74) is 0.832. The van der Waals surface area contributed by atoms with Gasteiger partial charge in [-0.25, -0.2) is 14.3 Å². The molecule has 0 aliphatic carbocycles. The molecule has 0 saturated carbocycles. The molecule has 0 radical (unpaired) electrons. The third-order valence-corrected chi connectivity index (χ3v) is 3.28. The SMILES string of the molecule is Nn1cnc2c(cnn2-c2ccc3c(c2)OCCO3)c1=O. The number of ether oxygens (including phenoxy) is 2. The zero-order valence-electron chi connectivity index (χ0n) is 10.9. The number of aromatic nitrogens is 4. The van der Waals surface area contributed by atoms with E-state index in [-0.39, 0.29) is 5.56 Å². The highest BCUT2D eigenvalue weighted by molar-refractivity contribution is 5.75. The van der Waals surface area contributed by atoms with E-state index in [0.717, 1.165) is 10.4 Å². The van der Waals surface area contributed by atoms with Crippen LogP contribution in [0.2, 0.25) is 0 Å². The van der Waals surface area contributed by atoms with E-state index in [1.54, 1.807) is 10.7 Å². The highest BCUT2D eigenvalue weighted by Gasteiger charge is 2.15. The molecule has 0 amide bonds. The predicted molar refractivity (Wildman–Crippen MR) is 74.3 cm³/mol. The average molecular weight is 285 g/mol. The van der Waals surface area contributed by atoms with Crippen LogP contribution in [0.3, 0.4) is 0 Å². The topological polar surface area (TPSA) is 97.2 Å². The van der Waals surface area contributed by atoms with Crippen molar-refractivity contribution in [3.63, 3.8) is 0 Å². The molecule has 0 atom stereocenters. The zero-order chi connectivity index (χ0) is 14.4. The van der Waals surface area contributed by atoms with Crippen LogP contribution >= 0.6 is 0 Å². The van der Waals surface area contributed by atoms with Gasteiger partial charge in [0.15, 0.2) is 17.1 Å². The van der Waals surface area contributed by atoms with Crippen molar-refractivity contribution in [2.24, 2.45) is 0 Å². The minimum atomic E-state index is -0.344. The van der Waals surface area contributed by atoms with Crippen molar-refractivity contribution in [1.82, 2.24) is 19.4 Å². The predicted octanol–water partition coefficient (Wildman–Crippen LogP) is 0.0672. The molecule has 2 aromatic heterocycles. The van der Waals surface area contributed by atoms with Crippen molar-refractivity contribution >= 4 is 11.0 Å². The summed E-state index contributed by atoms with van der Waals surface area (Å²) in [5, 5.41) is 4.56. The van der Waals surface area contributed by atoms with Gasteiger partial charge in [0, 0.05) is 6.07 Å². The fourth-order valence-electron chi connectivity index (χ4n) is 2.28. The lowest BCUT2D eigenvalue weighted by Gasteiger charge is -2.18. The molecule has 0 fully saturated rings. The van der Waals surface area contributed by atoms with Gasteiger partial charge in [-0.2, -0.15) is 5.10 Å². The second kappa shape index (κ2) is 4.23. The molecule has 0 bridgehead atoms. The Morgan fingerprint density at radius 1 is 1.19 bits per heavy atom. The van der Waals surface area contributed by atoms with Gasteiger partial charge in [0.2, 0.25) is 0 Å². The van der Waals surface area contributed by atoms with E-state index >= 15 is 0 Å². The van der Waals surface area contributed by atoms with Gasteiger partial charge in [-0.05, 0) is 12.1 Å². The number of nitrogens with zero attached hydrogens (tertiary/aromatic N) is 4. The number of fused-ring (bicyclic) bond motifs is 2. The third kappa shape index (κ3) is 1.72. The van der Waals surface area contributed by atoms with Crippen LogP contribution in [-0.4, -0.2) is 32.7 Å². The van der Waals surface area contributed by atoms with Crippen molar-refractivity contribution < 1.29 is 9.47 Å². The molecule has 0 saturated heterocycles. The van der Waals surface area contributed by atoms with Crippen LogP contribution in [0.5, 0.6) is 11.5 Å². The summed E-state index contributed by atoms with van der Waals surface area (Å²) in [7, 11) is 0. The molecule has 21 heavy (non-hydrogen) atoms. The molecule has 3 heterocycles. The van der Waals surface area contributed by atoms with Crippen molar-refractivity contribution in [3.8, 4) is 17.2 Å². The second-order valence-corrected chi connectivity index (χ2v) is 4.58. The van der Waals surface area contributed by atoms with Gasteiger partial charge in [-0.3, -0.25) is 4.79 Å². The Bertz CT molecular complexity index is 898. The lowest BCUT2D eigenvalue weighted by atomic mass is 10.2. The number of hydrogen-bond acceptors (Lipinski definition) is 6. The van der Waals surface area contributed by atoms with E-state index in [9.17, 15) is 4.79 Å². The van der Waals surface area contributed by atoms with Crippen LogP contribution < -0.4 is 20.9 Å². The fourth-order valence-corrected chi connectivity index (χ4v) is 2.28. The van der Waals surface area contributed by atoms with Crippen LogP contribution in [0, 0.1) is 0 Å². The van der Waals surface area contributed by atoms with E-state index in [4.69, 9.17) is 15.3 Å². The first kappa shape index (κ1) is 11.8. The maximum absolute atomic E-state index is 11.9. The maximum Gasteiger partial charge on any atom is 0.282 e. The first-order valence-corrected chi connectivity index (χ1v) is 6.34. The summed E-state index contributed by atoms with van der Waals surface area (Å²) in [6.07, 6.45) is 2.71. The summed E-state index contributed by atoms with van der Waals surface area (Å²) in [6.45, 7) is 1.04. The molecule has 4 rings (SSSR count). The van der Waals surface area contributed by atoms with Gasteiger partial charge in [0.25, 0.3) is 5.56 Å². The minimum Gasteiger partial charge on any atom is -0.486 e. The van der Waals surface area contributed by atoms with Crippen LogP contribution in [0.1, 0.15) is 0 Å². The number of nitrogen functional groups attached to an aromatic ring is 1. The van der Waals surface area contributed by atoms with Crippen LogP contribution in [0.15, 0.2) is 35.5 Å². The Hall–Kier alpha value is -3.03. The maximum atomic E-state index is 11.9. The summed E-state index contributed by atoms with van der Waals surface area (Å²) in [5.74, 6) is 6.83. The monoisotopic (exact) mass is 285 g/mol. The number of nitrogens with two attached hydrogens (primary N) is 1. The molecule has 106 valence electrons. The fraction of sp³-hybridized carbons (Fsp3) is 0.154. The lowest BCUT2D eigenvalue weighted by Crippen LogP contribution is -2.26. The smallest absolute Gasteiger partial charge is 0.282 e. The van der Waals surface area contributed by atoms with E-state index in [2.05, 4.69) is 10.1 Å². The highest BCUT2D eigenvalue weighted by atomic mass is 16.6. The summed E-state index contributed by atoms with van der Waals surface area (Å²) in [4.78, 5) is 16.1.